The van der Waals surface area contributed by atoms with Gasteiger partial charge >= 0.3 is 0 Å². The van der Waals surface area contributed by atoms with Crippen LogP contribution in [0.2, 0.25) is 0 Å². The van der Waals surface area contributed by atoms with Crippen LogP contribution in [0, 0.1) is 6.92 Å². The Balaban J connectivity index is 1.73. The van der Waals surface area contributed by atoms with Gasteiger partial charge in [0, 0.05) is 30.4 Å². The fraction of sp³-hybridized carbons (Fsp3) is 0.421. The number of carbonyl (C=O) groups excluding carboxylic acids is 1. The zero-order chi connectivity index (χ0) is 18.7. The molecule has 7 heteroatoms. The van der Waals surface area contributed by atoms with Crippen molar-refractivity contribution in [3.8, 4) is 0 Å². The zero-order valence-electron chi connectivity index (χ0n) is 15.3. The minimum absolute atomic E-state index is 0.205. The van der Waals surface area contributed by atoms with Gasteiger partial charge in [-0.25, -0.2) is 4.98 Å². The van der Waals surface area contributed by atoms with Gasteiger partial charge in [-0.3, -0.25) is 9.59 Å². The number of aromatic amines is 1. The summed E-state index contributed by atoms with van der Waals surface area (Å²) in [5.74, 6) is 0.313. The summed E-state index contributed by atoms with van der Waals surface area (Å²) in [6.07, 6.45) is 0. The van der Waals surface area contributed by atoms with Gasteiger partial charge < -0.3 is 19.9 Å². The summed E-state index contributed by atoms with van der Waals surface area (Å²) in [4.78, 5) is 33.5. The van der Waals surface area contributed by atoms with Crippen molar-refractivity contribution < 1.29 is 9.53 Å². The molecule has 0 spiro atoms. The third-order valence-electron chi connectivity index (χ3n) is 4.43. The highest BCUT2D eigenvalue weighted by atomic mass is 16.5. The number of ether oxygens (including phenoxy) is 1. The Kier molecular flexibility index (Phi) is 5.08. The van der Waals surface area contributed by atoms with Crippen LogP contribution in [0.25, 0.3) is 0 Å². The van der Waals surface area contributed by atoms with Gasteiger partial charge in [0.2, 0.25) is 0 Å². The van der Waals surface area contributed by atoms with Crippen LogP contribution in [0.3, 0.4) is 0 Å². The van der Waals surface area contributed by atoms with E-state index in [9.17, 15) is 9.59 Å². The second-order valence-electron chi connectivity index (χ2n) is 6.94. The van der Waals surface area contributed by atoms with Gasteiger partial charge in [0.05, 0.1) is 24.4 Å². The molecule has 1 fully saturated rings. The van der Waals surface area contributed by atoms with Gasteiger partial charge in [-0.2, -0.15) is 0 Å². The molecule has 1 aromatic heterocycles. The molecule has 0 unspecified atom stereocenters. The van der Waals surface area contributed by atoms with E-state index in [2.05, 4.69) is 20.2 Å². The maximum Gasteiger partial charge on any atom is 0.252 e. The van der Waals surface area contributed by atoms with Gasteiger partial charge in [0.25, 0.3) is 11.5 Å². The van der Waals surface area contributed by atoms with Crippen LogP contribution < -0.4 is 15.8 Å². The molecule has 0 aliphatic carbocycles. The third kappa shape index (κ3) is 4.11. The lowest BCUT2D eigenvalue weighted by molar-refractivity contribution is 0.0910. The van der Waals surface area contributed by atoms with Gasteiger partial charge in [-0.05, 0) is 45.0 Å². The molecule has 138 valence electrons. The molecule has 7 nitrogen and oxygen atoms in total. The van der Waals surface area contributed by atoms with Crippen molar-refractivity contribution in [2.75, 3.05) is 31.2 Å². The molecule has 1 amide bonds. The molecular weight excluding hydrogens is 332 g/mol. The number of rotatable bonds is 4. The van der Waals surface area contributed by atoms with Gasteiger partial charge in [0.1, 0.15) is 5.82 Å². The first kappa shape index (κ1) is 18.1. The van der Waals surface area contributed by atoms with Crippen molar-refractivity contribution in [2.24, 2.45) is 0 Å². The summed E-state index contributed by atoms with van der Waals surface area (Å²) in [7, 11) is 0. The Morgan fingerprint density at radius 1 is 1.23 bits per heavy atom. The lowest BCUT2D eigenvalue weighted by atomic mass is 9.99. The predicted octanol–water partition coefficient (Wildman–Crippen LogP) is 1.58. The van der Waals surface area contributed by atoms with Gasteiger partial charge in [-0.15, -0.1) is 0 Å². The number of hydrogen-bond donors (Lipinski definition) is 2. The van der Waals surface area contributed by atoms with Crippen LogP contribution in [0.1, 0.15) is 35.7 Å². The van der Waals surface area contributed by atoms with E-state index < -0.39 is 5.54 Å². The summed E-state index contributed by atoms with van der Waals surface area (Å²) in [5.41, 5.74) is 1.17. The number of amides is 1. The van der Waals surface area contributed by atoms with Crippen molar-refractivity contribution in [1.82, 2.24) is 15.3 Å². The van der Waals surface area contributed by atoms with Crippen LogP contribution in [-0.4, -0.2) is 42.2 Å². The molecule has 0 bridgehead atoms. The van der Waals surface area contributed by atoms with Crippen molar-refractivity contribution in [3.63, 3.8) is 0 Å². The highest BCUT2D eigenvalue weighted by Gasteiger charge is 2.26. The van der Waals surface area contributed by atoms with Gasteiger partial charge in [0.15, 0.2) is 0 Å². The molecule has 2 heterocycles. The van der Waals surface area contributed by atoms with Crippen molar-refractivity contribution >= 4 is 11.6 Å². The second kappa shape index (κ2) is 7.29. The minimum Gasteiger partial charge on any atom is -0.378 e. The monoisotopic (exact) mass is 356 g/mol. The number of morpholine rings is 1. The molecule has 0 saturated carbocycles. The van der Waals surface area contributed by atoms with E-state index in [0.29, 0.717) is 17.1 Å². The highest BCUT2D eigenvalue weighted by molar-refractivity contribution is 5.95. The first-order valence-corrected chi connectivity index (χ1v) is 8.69. The summed E-state index contributed by atoms with van der Waals surface area (Å²) in [6.45, 7) is 8.52. The van der Waals surface area contributed by atoms with E-state index in [-0.39, 0.29) is 11.5 Å². The fourth-order valence-corrected chi connectivity index (χ4v) is 2.96. The molecule has 0 atom stereocenters. The second-order valence-corrected chi connectivity index (χ2v) is 6.94. The van der Waals surface area contributed by atoms with Crippen molar-refractivity contribution in [2.45, 2.75) is 26.3 Å². The van der Waals surface area contributed by atoms with E-state index in [0.717, 1.165) is 32.0 Å². The van der Waals surface area contributed by atoms with E-state index in [4.69, 9.17) is 4.74 Å². The largest absolute Gasteiger partial charge is 0.378 e. The molecular formula is C19H24N4O3. The number of aryl methyl sites for hydroxylation is 1. The van der Waals surface area contributed by atoms with Crippen molar-refractivity contribution in [1.29, 1.82) is 0 Å². The number of aromatic nitrogens is 2. The fourth-order valence-electron chi connectivity index (χ4n) is 2.96. The Labute approximate surface area is 152 Å². The lowest BCUT2D eigenvalue weighted by Crippen LogP contribution is -2.42. The number of anilines is 1. The van der Waals surface area contributed by atoms with Gasteiger partial charge in [-0.1, -0.05) is 0 Å². The average molecular weight is 356 g/mol. The Bertz CT molecular complexity index is 837. The SMILES string of the molecule is Cc1nc(C(C)(C)NC(=O)c2ccc(N3CCOCC3)cc2)cc(=O)[nH]1. The molecule has 26 heavy (non-hydrogen) atoms. The number of carbonyl (C=O) groups is 1. The van der Waals surface area contributed by atoms with Crippen LogP contribution in [0.4, 0.5) is 5.69 Å². The first-order chi connectivity index (χ1) is 12.3. The lowest BCUT2D eigenvalue weighted by Gasteiger charge is -2.29. The summed E-state index contributed by atoms with van der Waals surface area (Å²) in [5, 5.41) is 2.95. The van der Waals surface area contributed by atoms with E-state index >= 15 is 0 Å². The number of nitrogens with one attached hydrogen (secondary N) is 2. The number of H-pyrrole nitrogens is 1. The van der Waals surface area contributed by atoms with E-state index in [1.165, 1.54) is 6.07 Å². The van der Waals surface area contributed by atoms with Crippen LogP contribution in [0.5, 0.6) is 0 Å². The van der Waals surface area contributed by atoms with Crippen LogP contribution in [0.15, 0.2) is 35.1 Å². The van der Waals surface area contributed by atoms with E-state index in [1.54, 1.807) is 6.92 Å². The average Bonchev–Trinajstić information content (AvgIpc) is 2.61. The summed E-state index contributed by atoms with van der Waals surface area (Å²) < 4.78 is 5.36. The molecule has 1 aromatic carbocycles. The molecule has 1 saturated heterocycles. The van der Waals surface area contributed by atoms with Crippen LogP contribution >= 0.6 is 0 Å². The molecule has 3 rings (SSSR count). The summed E-state index contributed by atoms with van der Waals surface area (Å²) in [6, 6.07) is 8.93. The number of benzene rings is 1. The smallest absolute Gasteiger partial charge is 0.252 e. The normalized spacial score (nSPS) is 15.0. The standard InChI is InChI=1S/C19H24N4O3/c1-13-20-16(12-17(24)21-13)19(2,3)22-18(25)14-4-6-15(7-5-14)23-8-10-26-11-9-23/h4-7,12H,8-11H2,1-3H3,(H,22,25)(H,20,21,24). The Morgan fingerprint density at radius 2 is 1.88 bits per heavy atom. The predicted molar refractivity (Wildman–Crippen MR) is 99.6 cm³/mol. The number of hydrogen-bond acceptors (Lipinski definition) is 5. The highest BCUT2D eigenvalue weighted by Crippen LogP contribution is 2.20. The molecule has 0 radical (unpaired) electrons. The van der Waals surface area contributed by atoms with Crippen LogP contribution in [-0.2, 0) is 10.3 Å². The molecule has 1 aliphatic rings. The molecule has 2 aromatic rings. The maximum atomic E-state index is 12.6. The Hall–Kier alpha value is -2.67. The Morgan fingerprint density at radius 3 is 2.50 bits per heavy atom. The van der Waals surface area contributed by atoms with Crippen molar-refractivity contribution in [3.05, 3.63) is 57.8 Å². The first-order valence-electron chi connectivity index (χ1n) is 8.69. The molecule has 1 aliphatic heterocycles. The summed E-state index contributed by atoms with van der Waals surface area (Å²) >= 11 is 0. The minimum atomic E-state index is -0.765. The maximum absolute atomic E-state index is 12.6. The van der Waals surface area contributed by atoms with E-state index in [1.807, 2.05) is 38.1 Å². The third-order valence-corrected chi connectivity index (χ3v) is 4.43. The number of nitrogens with zero attached hydrogens (tertiary/aromatic N) is 2. The molecule has 2 N–H and O–H groups in total. The zero-order valence-corrected chi connectivity index (χ0v) is 15.3. The topological polar surface area (TPSA) is 87.3 Å². The quantitative estimate of drug-likeness (QED) is 0.868.